The number of carbonyl (C=O) groups is 1. The van der Waals surface area contributed by atoms with Gasteiger partial charge in [0.15, 0.2) is 5.79 Å². The predicted molar refractivity (Wildman–Crippen MR) is 75.6 cm³/mol. The van der Waals surface area contributed by atoms with Gasteiger partial charge in [0.1, 0.15) is 5.60 Å². The lowest BCUT2D eigenvalue weighted by atomic mass is 9.71. The van der Waals surface area contributed by atoms with Crippen molar-refractivity contribution in [2.45, 2.75) is 76.3 Å². The first-order valence-corrected chi connectivity index (χ1v) is 7.94. The molecule has 1 heterocycles. The van der Waals surface area contributed by atoms with Crippen molar-refractivity contribution < 1.29 is 24.1 Å². The fraction of sp³-hybridized carbons (Fsp3) is 0.938. The van der Waals surface area contributed by atoms with E-state index in [0.29, 0.717) is 51.7 Å². The van der Waals surface area contributed by atoms with E-state index in [1.807, 2.05) is 20.8 Å². The Balaban J connectivity index is 1.70. The first kappa shape index (κ1) is 15.3. The molecule has 0 atom stereocenters. The van der Waals surface area contributed by atoms with E-state index in [1.165, 1.54) is 0 Å². The zero-order chi connectivity index (χ0) is 15.4. The summed E-state index contributed by atoms with van der Waals surface area (Å²) in [5.74, 6) is -0.766. The van der Waals surface area contributed by atoms with Crippen molar-refractivity contribution >= 4 is 5.97 Å². The molecule has 2 saturated carbocycles. The topological polar surface area (TPSA) is 65.0 Å². The molecular formula is C16H26O5. The molecule has 0 amide bonds. The average Bonchev–Trinajstić information content (AvgIpc) is 3.09. The molecule has 3 fully saturated rings. The molecule has 1 spiro atoms. The van der Waals surface area contributed by atoms with Gasteiger partial charge in [-0.25, -0.2) is 0 Å². The van der Waals surface area contributed by atoms with Crippen LogP contribution in [0.15, 0.2) is 0 Å². The van der Waals surface area contributed by atoms with E-state index in [4.69, 9.17) is 14.2 Å². The van der Waals surface area contributed by atoms with E-state index in [1.54, 1.807) is 0 Å². The number of rotatable bonds is 2. The minimum Gasteiger partial charge on any atom is -0.459 e. The summed E-state index contributed by atoms with van der Waals surface area (Å²) >= 11 is 0. The van der Waals surface area contributed by atoms with Gasteiger partial charge in [0.2, 0.25) is 0 Å². The van der Waals surface area contributed by atoms with E-state index >= 15 is 0 Å². The molecule has 1 saturated heterocycles. The van der Waals surface area contributed by atoms with E-state index in [9.17, 15) is 9.90 Å². The van der Waals surface area contributed by atoms with Gasteiger partial charge in [-0.2, -0.15) is 0 Å². The van der Waals surface area contributed by atoms with E-state index in [0.717, 1.165) is 0 Å². The Hall–Kier alpha value is -0.650. The molecule has 120 valence electrons. The lowest BCUT2D eigenvalue weighted by Gasteiger charge is -2.44. The van der Waals surface area contributed by atoms with Gasteiger partial charge in [-0.05, 0) is 46.5 Å². The zero-order valence-electron chi connectivity index (χ0n) is 13.2. The summed E-state index contributed by atoms with van der Waals surface area (Å²) in [7, 11) is 0. The van der Waals surface area contributed by atoms with Gasteiger partial charge in [0.05, 0.1) is 24.2 Å². The Morgan fingerprint density at radius 1 is 1.00 bits per heavy atom. The monoisotopic (exact) mass is 298 g/mol. The Morgan fingerprint density at radius 3 is 1.95 bits per heavy atom. The maximum Gasteiger partial charge on any atom is 0.315 e. The van der Waals surface area contributed by atoms with Crippen molar-refractivity contribution in [3.8, 4) is 0 Å². The van der Waals surface area contributed by atoms with Crippen molar-refractivity contribution in [3.05, 3.63) is 0 Å². The van der Waals surface area contributed by atoms with Crippen LogP contribution in [0.4, 0.5) is 0 Å². The number of hydrogen-bond donors (Lipinski definition) is 1. The highest BCUT2D eigenvalue weighted by Gasteiger charge is 2.67. The highest BCUT2D eigenvalue weighted by atomic mass is 16.7. The Labute approximate surface area is 125 Å². The number of hydrogen-bond acceptors (Lipinski definition) is 5. The van der Waals surface area contributed by atoms with Crippen LogP contribution in [0.5, 0.6) is 0 Å². The van der Waals surface area contributed by atoms with Crippen molar-refractivity contribution in [2.24, 2.45) is 5.41 Å². The maximum atomic E-state index is 12.5. The van der Waals surface area contributed by atoms with Crippen molar-refractivity contribution in [3.63, 3.8) is 0 Å². The quantitative estimate of drug-likeness (QED) is 0.791. The summed E-state index contributed by atoms with van der Waals surface area (Å²) in [6.45, 7) is 6.83. The van der Waals surface area contributed by atoms with E-state index in [2.05, 4.69) is 0 Å². The first-order chi connectivity index (χ1) is 9.71. The van der Waals surface area contributed by atoms with Crippen LogP contribution in [-0.2, 0) is 19.0 Å². The molecule has 21 heavy (non-hydrogen) atoms. The number of esters is 1. The third-order valence-corrected chi connectivity index (χ3v) is 5.08. The number of ether oxygens (including phenoxy) is 3. The summed E-state index contributed by atoms with van der Waals surface area (Å²) in [5.41, 5.74) is -2.20. The van der Waals surface area contributed by atoms with Gasteiger partial charge in [0, 0.05) is 12.8 Å². The fourth-order valence-corrected chi connectivity index (χ4v) is 3.67. The van der Waals surface area contributed by atoms with Gasteiger partial charge in [0.25, 0.3) is 0 Å². The standard InChI is InChI=1S/C16H26O5/c1-13(2,3)21-12(17)14(4-5-14)15(18)6-8-16(9-7-15)19-10-11-20-16/h18H,4-11H2,1-3H3. The van der Waals surface area contributed by atoms with Crippen molar-refractivity contribution in [2.75, 3.05) is 13.2 Å². The van der Waals surface area contributed by atoms with Gasteiger partial charge in [-0.1, -0.05) is 0 Å². The van der Waals surface area contributed by atoms with Gasteiger partial charge < -0.3 is 19.3 Å². The van der Waals surface area contributed by atoms with Crippen LogP contribution >= 0.6 is 0 Å². The summed E-state index contributed by atoms with van der Waals surface area (Å²) in [6, 6.07) is 0. The van der Waals surface area contributed by atoms with E-state index in [-0.39, 0.29) is 5.97 Å². The molecule has 0 aromatic carbocycles. The lowest BCUT2D eigenvalue weighted by molar-refractivity contribution is -0.219. The smallest absolute Gasteiger partial charge is 0.315 e. The second-order valence-electron chi connectivity index (χ2n) is 7.72. The molecule has 3 rings (SSSR count). The van der Waals surface area contributed by atoms with Crippen LogP contribution < -0.4 is 0 Å². The van der Waals surface area contributed by atoms with Crippen LogP contribution in [0, 0.1) is 5.41 Å². The third-order valence-electron chi connectivity index (χ3n) is 5.08. The highest BCUT2D eigenvalue weighted by Crippen LogP contribution is 2.61. The molecule has 0 bridgehead atoms. The minimum absolute atomic E-state index is 0.248. The lowest BCUT2D eigenvalue weighted by Crippen LogP contribution is -2.52. The molecule has 5 heteroatoms. The van der Waals surface area contributed by atoms with Crippen LogP contribution in [0.25, 0.3) is 0 Å². The van der Waals surface area contributed by atoms with E-state index < -0.39 is 22.4 Å². The SMILES string of the molecule is CC(C)(C)OC(=O)C1(C2(O)CCC3(CC2)OCCO3)CC1. The van der Waals surface area contributed by atoms with Crippen molar-refractivity contribution in [1.29, 1.82) is 0 Å². The summed E-state index contributed by atoms with van der Waals surface area (Å²) in [4.78, 5) is 12.5. The molecule has 0 unspecified atom stereocenters. The molecule has 0 aromatic rings. The predicted octanol–water partition coefficient (Wildman–Crippen LogP) is 2.16. The molecule has 3 aliphatic rings. The van der Waals surface area contributed by atoms with Crippen molar-refractivity contribution in [1.82, 2.24) is 0 Å². The third kappa shape index (κ3) is 2.60. The fourth-order valence-electron chi connectivity index (χ4n) is 3.67. The molecule has 1 aliphatic heterocycles. The van der Waals surface area contributed by atoms with Crippen LogP contribution in [0.1, 0.15) is 59.3 Å². The molecule has 5 nitrogen and oxygen atoms in total. The number of carbonyl (C=O) groups excluding carboxylic acids is 1. The molecule has 1 N–H and O–H groups in total. The average molecular weight is 298 g/mol. The molecule has 2 aliphatic carbocycles. The summed E-state index contributed by atoms with van der Waals surface area (Å²) < 4.78 is 16.9. The first-order valence-electron chi connectivity index (χ1n) is 7.94. The highest BCUT2D eigenvalue weighted by molar-refractivity contribution is 5.82. The molecule has 0 radical (unpaired) electrons. The maximum absolute atomic E-state index is 12.5. The summed E-state index contributed by atoms with van der Waals surface area (Å²) in [5, 5.41) is 11.1. The molecule has 0 aromatic heterocycles. The Kier molecular flexibility index (Phi) is 3.39. The Bertz CT molecular complexity index is 416. The second kappa shape index (κ2) is 4.67. The second-order valence-corrected chi connectivity index (χ2v) is 7.72. The number of aliphatic hydroxyl groups is 1. The van der Waals surface area contributed by atoms with Gasteiger partial charge in [-0.15, -0.1) is 0 Å². The Morgan fingerprint density at radius 2 is 1.52 bits per heavy atom. The normalized spacial score (nSPS) is 29.3. The van der Waals surface area contributed by atoms with Crippen LogP contribution in [-0.4, -0.2) is 41.3 Å². The minimum atomic E-state index is -0.976. The van der Waals surface area contributed by atoms with Crippen LogP contribution in [0.2, 0.25) is 0 Å². The van der Waals surface area contributed by atoms with Gasteiger partial charge >= 0.3 is 5.97 Å². The largest absolute Gasteiger partial charge is 0.459 e. The zero-order valence-corrected chi connectivity index (χ0v) is 13.2. The van der Waals surface area contributed by atoms with Crippen LogP contribution in [0.3, 0.4) is 0 Å². The van der Waals surface area contributed by atoms with Gasteiger partial charge in [-0.3, -0.25) is 4.79 Å². The molecular weight excluding hydrogens is 272 g/mol. The summed E-state index contributed by atoms with van der Waals surface area (Å²) in [6.07, 6.45) is 3.79.